The molecule has 0 spiro atoms. The second-order valence-electron chi connectivity index (χ2n) is 5.39. The maximum absolute atomic E-state index is 11.6. The maximum Gasteiger partial charge on any atom is 0.334 e. The van der Waals surface area contributed by atoms with E-state index >= 15 is 0 Å². The molecular formula is C15H20O4. The molecule has 1 aliphatic carbocycles. The number of allylic oxidation sites excluding steroid dienone is 1. The Kier molecular flexibility index (Phi) is 3.92. The number of ether oxygens (including phenoxy) is 1. The molecule has 2 rings (SSSR count). The van der Waals surface area contributed by atoms with Gasteiger partial charge in [-0.3, -0.25) is 0 Å². The zero-order valence-electron chi connectivity index (χ0n) is 11.3. The molecule has 0 aromatic rings. The Balaban J connectivity index is 2.39. The van der Waals surface area contributed by atoms with Crippen LogP contribution in [0.2, 0.25) is 0 Å². The van der Waals surface area contributed by atoms with Gasteiger partial charge in [-0.1, -0.05) is 18.2 Å². The van der Waals surface area contributed by atoms with E-state index in [9.17, 15) is 15.0 Å². The van der Waals surface area contributed by atoms with Gasteiger partial charge in [0.05, 0.1) is 18.1 Å². The molecule has 0 saturated carbocycles. The lowest BCUT2D eigenvalue weighted by molar-refractivity contribution is -0.137. The lowest BCUT2D eigenvalue weighted by Crippen LogP contribution is -2.28. The van der Waals surface area contributed by atoms with Crippen LogP contribution >= 0.6 is 0 Å². The molecule has 2 aliphatic rings. The fourth-order valence-electron chi connectivity index (χ4n) is 2.59. The zero-order chi connectivity index (χ0) is 14.2. The van der Waals surface area contributed by atoms with Crippen LogP contribution < -0.4 is 0 Å². The van der Waals surface area contributed by atoms with Crippen molar-refractivity contribution in [1.82, 2.24) is 0 Å². The van der Waals surface area contributed by atoms with E-state index in [1.54, 1.807) is 12.2 Å². The summed E-state index contributed by atoms with van der Waals surface area (Å²) in [5.74, 6) is -0.944. The van der Waals surface area contributed by atoms with E-state index in [4.69, 9.17) is 4.74 Å². The van der Waals surface area contributed by atoms with Crippen LogP contribution in [0.1, 0.15) is 26.7 Å². The quantitative estimate of drug-likeness (QED) is 0.395. The maximum atomic E-state index is 11.6. The van der Waals surface area contributed by atoms with E-state index in [1.165, 1.54) is 0 Å². The van der Waals surface area contributed by atoms with Gasteiger partial charge in [-0.2, -0.15) is 0 Å². The molecule has 4 nitrogen and oxygen atoms in total. The van der Waals surface area contributed by atoms with Gasteiger partial charge in [0.2, 0.25) is 0 Å². The number of hydrogen-bond donors (Lipinski definition) is 2. The Labute approximate surface area is 113 Å². The third-order valence-electron chi connectivity index (χ3n) is 3.85. The minimum Gasteiger partial charge on any atom is -0.454 e. The van der Waals surface area contributed by atoms with E-state index in [0.717, 1.165) is 11.1 Å². The van der Waals surface area contributed by atoms with Crippen molar-refractivity contribution >= 4 is 5.97 Å². The third-order valence-corrected chi connectivity index (χ3v) is 3.85. The first-order chi connectivity index (χ1) is 8.90. The summed E-state index contributed by atoms with van der Waals surface area (Å²) in [7, 11) is 0. The molecular weight excluding hydrogens is 244 g/mol. The highest BCUT2D eigenvalue weighted by molar-refractivity contribution is 5.91. The standard InChI is InChI=1S/C15H20O4/c1-8-4-5-11(16)9(2)7-13-14(12(17)6-8)10(3)15(18)19-13/h6-7,11-14,16-17H,3-5H2,1-2H3/b8-6+,9-7+. The second-order valence-corrected chi connectivity index (χ2v) is 5.39. The summed E-state index contributed by atoms with van der Waals surface area (Å²) in [6, 6.07) is 0. The average molecular weight is 264 g/mol. The van der Waals surface area contributed by atoms with Gasteiger partial charge in [0, 0.05) is 5.57 Å². The largest absolute Gasteiger partial charge is 0.454 e. The van der Waals surface area contributed by atoms with Crippen molar-refractivity contribution in [3.63, 3.8) is 0 Å². The van der Waals surface area contributed by atoms with E-state index in [1.807, 2.05) is 13.8 Å². The molecule has 2 N–H and O–H groups in total. The van der Waals surface area contributed by atoms with Crippen LogP contribution in [-0.4, -0.2) is 34.5 Å². The molecule has 0 amide bonds. The van der Waals surface area contributed by atoms with Crippen molar-refractivity contribution in [3.05, 3.63) is 35.5 Å². The highest BCUT2D eigenvalue weighted by Crippen LogP contribution is 2.33. The summed E-state index contributed by atoms with van der Waals surface area (Å²) < 4.78 is 5.22. The number of carbonyl (C=O) groups is 1. The number of fused-ring (bicyclic) bond motifs is 1. The topological polar surface area (TPSA) is 66.8 Å². The van der Waals surface area contributed by atoms with Gasteiger partial charge in [-0.15, -0.1) is 0 Å². The van der Waals surface area contributed by atoms with Crippen molar-refractivity contribution in [1.29, 1.82) is 0 Å². The molecule has 19 heavy (non-hydrogen) atoms. The highest BCUT2D eigenvalue weighted by atomic mass is 16.6. The van der Waals surface area contributed by atoms with Crippen molar-refractivity contribution in [2.75, 3.05) is 0 Å². The first-order valence-electron chi connectivity index (χ1n) is 6.51. The van der Waals surface area contributed by atoms with E-state index < -0.39 is 30.2 Å². The van der Waals surface area contributed by atoms with Crippen LogP contribution in [-0.2, 0) is 9.53 Å². The number of esters is 1. The van der Waals surface area contributed by atoms with Crippen LogP contribution in [0.15, 0.2) is 35.5 Å². The molecule has 0 aromatic carbocycles. The van der Waals surface area contributed by atoms with Gasteiger partial charge in [0.1, 0.15) is 6.10 Å². The van der Waals surface area contributed by atoms with Crippen LogP contribution in [0.25, 0.3) is 0 Å². The van der Waals surface area contributed by atoms with Crippen molar-refractivity contribution in [3.8, 4) is 0 Å². The Bertz CT molecular complexity index is 461. The molecule has 0 bridgehead atoms. The van der Waals surface area contributed by atoms with Crippen LogP contribution in [0.4, 0.5) is 0 Å². The van der Waals surface area contributed by atoms with Gasteiger partial charge in [-0.05, 0) is 38.3 Å². The summed E-state index contributed by atoms with van der Waals surface area (Å²) in [5.41, 5.74) is 2.05. The van der Waals surface area contributed by atoms with E-state index in [-0.39, 0.29) is 0 Å². The lowest BCUT2D eigenvalue weighted by atomic mass is 9.86. The van der Waals surface area contributed by atoms with E-state index in [0.29, 0.717) is 18.4 Å². The van der Waals surface area contributed by atoms with Crippen molar-refractivity contribution in [2.24, 2.45) is 5.92 Å². The Hall–Kier alpha value is -1.39. The smallest absolute Gasteiger partial charge is 0.334 e. The molecule has 0 aromatic heterocycles. The highest BCUT2D eigenvalue weighted by Gasteiger charge is 2.41. The van der Waals surface area contributed by atoms with Gasteiger partial charge in [0.25, 0.3) is 0 Å². The molecule has 4 atom stereocenters. The lowest BCUT2D eigenvalue weighted by Gasteiger charge is -2.22. The van der Waals surface area contributed by atoms with Gasteiger partial charge >= 0.3 is 5.97 Å². The summed E-state index contributed by atoms with van der Waals surface area (Å²) in [5, 5.41) is 20.3. The number of hydrogen-bond acceptors (Lipinski definition) is 4. The predicted molar refractivity (Wildman–Crippen MR) is 71.3 cm³/mol. The van der Waals surface area contributed by atoms with Gasteiger partial charge in [-0.25, -0.2) is 4.79 Å². The normalized spacial score (nSPS) is 41.7. The van der Waals surface area contributed by atoms with E-state index in [2.05, 4.69) is 6.58 Å². The molecule has 0 radical (unpaired) electrons. The predicted octanol–water partition coefficient (Wildman–Crippen LogP) is 1.49. The molecule has 1 heterocycles. The SMILES string of the molecule is C=C1C(=O)OC2/C=C(\C)C(O)CC/C(C)=C/C(O)C12. The van der Waals surface area contributed by atoms with Crippen LogP contribution in [0.5, 0.6) is 0 Å². The number of rotatable bonds is 0. The Morgan fingerprint density at radius 1 is 1.32 bits per heavy atom. The first kappa shape index (κ1) is 14.0. The Morgan fingerprint density at radius 3 is 2.68 bits per heavy atom. The number of carbonyl (C=O) groups excluding carboxylic acids is 1. The number of aliphatic hydroxyl groups is 2. The molecule has 104 valence electrons. The van der Waals surface area contributed by atoms with Crippen molar-refractivity contribution < 1.29 is 19.7 Å². The second kappa shape index (κ2) is 5.31. The summed E-state index contributed by atoms with van der Waals surface area (Å²) in [6.07, 6.45) is 2.88. The monoisotopic (exact) mass is 264 g/mol. The number of aliphatic hydroxyl groups excluding tert-OH is 2. The Morgan fingerprint density at radius 2 is 2.00 bits per heavy atom. The first-order valence-corrected chi connectivity index (χ1v) is 6.51. The fourth-order valence-corrected chi connectivity index (χ4v) is 2.59. The van der Waals surface area contributed by atoms with Crippen LogP contribution in [0, 0.1) is 5.92 Å². The summed E-state index contributed by atoms with van der Waals surface area (Å²) in [6.45, 7) is 7.43. The molecule has 1 aliphatic heterocycles. The molecule has 1 saturated heterocycles. The molecule has 4 unspecified atom stereocenters. The molecule has 4 heteroatoms. The fraction of sp³-hybridized carbons (Fsp3) is 0.533. The minimum atomic E-state index is -0.789. The molecule has 1 fully saturated rings. The van der Waals surface area contributed by atoms with Gasteiger partial charge < -0.3 is 14.9 Å². The minimum absolute atomic E-state index is 0.292. The average Bonchev–Trinajstić information content (AvgIpc) is 2.60. The van der Waals surface area contributed by atoms with Crippen LogP contribution in [0.3, 0.4) is 0 Å². The summed E-state index contributed by atoms with van der Waals surface area (Å²) >= 11 is 0. The van der Waals surface area contributed by atoms with Gasteiger partial charge in [0.15, 0.2) is 0 Å². The van der Waals surface area contributed by atoms with Crippen molar-refractivity contribution in [2.45, 2.75) is 45.0 Å². The summed E-state index contributed by atoms with van der Waals surface area (Å²) in [4.78, 5) is 11.6. The zero-order valence-corrected chi connectivity index (χ0v) is 11.3. The third kappa shape index (κ3) is 2.80.